The van der Waals surface area contributed by atoms with E-state index in [0.29, 0.717) is 0 Å². The fourth-order valence-corrected chi connectivity index (χ4v) is 2.85. The normalized spacial score (nSPS) is 11.9. The summed E-state index contributed by atoms with van der Waals surface area (Å²) in [4.78, 5) is 0. The highest BCUT2D eigenvalue weighted by Gasteiger charge is 2.36. The number of alkyl halides is 3. The van der Waals surface area contributed by atoms with Crippen LogP contribution in [-0.4, -0.2) is 0 Å². The number of hydrogen-bond donors (Lipinski definition) is 0. The second-order valence-corrected chi connectivity index (χ2v) is 5.56. The lowest BCUT2D eigenvalue weighted by Crippen LogP contribution is -2.13. The average molecular weight is 318 g/mol. The molecule has 3 aromatic carbocycles. The topological polar surface area (TPSA) is 0 Å². The van der Waals surface area contributed by atoms with Crippen LogP contribution in [0.2, 0.25) is 0 Å². The minimum atomic E-state index is -4.57. The van der Waals surface area contributed by atoms with E-state index in [1.54, 1.807) is 6.07 Å². The van der Waals surface area contributed by atoms with Gasteiger partial charge < -0.3 is 0 Å². The van der Waals surface area contributed by atoms with E-state index in [1.807, 2.05) is 36.4 Å². The van der Waals surface area contributed by atoms with Crippen molar-refractivity contribution in [2.24, 2.45) is 0 Å². The first-order valence-electron chi connectivity index (χ1n) is 7.19. The third-order valence-corrected chi connectivity index (χ3v) is 3.98. The second-order valence-electron chi connectivity index (χ2n) is 5.56. The molecule has 0 amide bonds. The number of benzene rings is 3. The first kappa shape index (κ1) is 15.5. The molecule has 0 heterocycles. The van der Waals surface area contributed by atoms with Gasteiger partial charge in [-0.1, -0.05) is 48.5 Å². The van der Waals surface area contributed by atoms with E-state index in [1.165, 1.54) is 13.0 Å². The number of hydrogen-bond acceptors (Lipinski definition) is 0. The summed E-state index contributed by atoms with van der Waals surface area (Å²) in [7, 11) is 0. The Balaban J connectivity index is 2.06. The summed E-state index contributed by atoms with van der Waals surface area (Å²) in [5.74, 6) is -0.834. The van der Waals surface area contributed by atoms with Gasteiger partial charge in [0.15, 0.2) is 0 Å². The van der Waals surface area contributed by atoms with Crippen LogP contribution in [0, 0.1) is 12.7 Å². The quantitative estimate of drug-likeness (QED) is 0.516. The standard InChI is InChI=1S/C19H14F4/c1-12-17(20)9-8-16(18(12)19(21,22)23)11-13-6-7-14-4-2-3-5-15(14)10-13/h2-10H,11H2,1H3. The van der Waals surface area contributed by atoms with E-state index in [0.717, 1.165) is 22.4 Å². The first-order chi connectivity index (χ1) is 10.9. The molecular formula is C19H14F4. The van der Waals surface area contributed by atoms with Gasteiger partial charge in [-0.15, -0.1) is 0 Å². The van der Waals surface area contributed by atoms with Crippen molar-refractivity contribution in [3.8, 4) is 0 Å². The number of rotatable bonds is 2. The molecule has 0 aliphatic rings. The summed E-state index contributed by atoms with van der Waals surface area (Å²) in [6.07, 6.45) is -4.46. The van der Waals surface area contributed by atoms with Crippen LogP contribution in [0.1, 0.15) is 22.3 Å². The van der Waals surface area contributed by atoms with Crippen molar-refractivity contribution in [1.29, 1.82) is 0 Å². The van der Waals surface area contributed by atoms with Crippen LogP contribution in [0.4, 0.5) is 17.6 Å². The van der Waals surface area contributed by atoms with Crippen molar-refractivity contribution in [2.45, 2.75) is 19.5 Å². The molecule has 23 heavy (non-hydrogen) atoms. The molecule has 3 aromatic rings. The van der Waals surface area contributed by atoms with E-state index in [-0.39, 0.29) is 17.5 Å². The highest BCUT2D eigenvalue weighted by Crippen LogP contribution is 2.36. The van der Waals surface area contributed by atoms with Crippen LogP contribution in [0.5, 0.6) is 0 Å². The molecule has 0 aliphatic heterocycles. The van der Waals surface area contributed by atoms with Crippen molar-refractivity contribution >= 4 is 10.8 Å². The van der Waals surface area contributed by atoms with Crippen LogP contribution >= 0.6 is 0 Å². The lowest BCUT2D eigenvalue weighted by atomic mass is 9.94. The predicted octanol–water partition coefficient (Wildman–Crippen LogP) is 5.90. The summed E-state index contributed by atoms with van der Waals surface area (Å²) in [6.45, 7) is 1.17. The zero-order valence-electron chi connectivity index (χ0n) is 12.4. The summed E-state index contributed by atoms with van der Waals surface area (Å²) in [5, 5.41) is 2.00. The fourth-order valence-electron chi connectivity index (χ4n) is 2.85. The number of halogens is 4. The Kier molecular flexibility index (Phi) is 3.84. The van der Waals surface area contributed by atoms with Crippen LogP contribution < -0.4 is 0 Å². The van der Waals surface area contributed by atoms with E-state index in [4.69, 9.17) is 0 Å². The van der Waals surface area contributed by atoms with E-state index in [9.17, 15) is 17.6 Å². The van der Waals surface area contributed by atoms with Gasteiger partial charge in [0.2, 0.25) is 0 Å². The first-order valence-corrected chi connectivity index (χ1v) is 7.19. The Morgan fingerprint density at radius 1 is 0.870 bits per heavy atom. The second kappa shape index (κ2) is 5.69. The summed E-state index contributed by atoms with van der Waals surface area (Å²) in [5.41, 5.74) is -0.367. The van der Waals surface area contributed by atoms with Gasteiger partial charge in [0.25, 0.3) is 0 Å². The molecule has 0 unspecified atom stereocenters. The maximum absolute atomic E-state index is 13.5. The largest absolute Gasteiger partial charge is 0.417 e. The zero-order valence-corrected chi connectivity index (χ0v) is 12.4. The van der Waals surface area contributed by atoms with Gasteiger partial charge >= 0.3 is 6.18 Å². The van der Waals surface area contributed by atoms with Gasteiger partial charge in [-0.25, -0.2) is 4.39 Å². The summed E-state index contributed by atoms with van der Waals surface area (Å²) >= 11 is 0. The molecule has 0 aromatic heterocycles. The van der Waals surface area contributed by atoms with E-state index >= 15 is 0 Å². The Bertz CT molecular complexity index is 863. The van der Waals surface area contributed by atoms with Crippen molar-refractivity contribution < 1.29 is 17.6 Å². The maximum atomic E-state index is 13.5. The molecule has 4 heteroatoms. The maximum Gasteiger partial charge on any atom is 0.417 e. The van der Waals surface area contributed by atoms with Crippen LogP contribution in [0.25, 0.3) is 10.8 Å². The lowest BCUT2D eigenvalue weighted by molar-refractivity contribution is -0.138. The smallest absolute Gasteiger partial charge is 0.207 e. The van der Waals surface area contributed by atoms with E-state index < -0.39 is 17.6 Å². The minimum absolute atomic E-state index is 0.0895. The van der Waals surface area contributed by atoms with Crippen molar-refractivity contribution in [3.05, 3.63) is 82.7 Å². The van der Waals surface area contributed by atoms with Crippen molar-refractivity contribution in [1.82, 2.24) is 0 Å². The predicted molar refractivity (Wildman–Crippen MR) is 82.9 cm³/mol. The Labute approximate surface area is 131 Å². The molecule has 0 saturated heterocycles. The molecule has 118 valence electrons. The van der Waals surface area contributed by atoms with Gasteiger partial charge in [-0.05, 0) is 46.9 Å². The molecule has 0 nitrogen and oxygen atoms in total. The molecule has 0 bridgehead atoms. The van der Waals surface area contributed by atoms with Gasteiger partial charge in [0.05, 0.1) is 5.56 Å². The van der Waals surface area contributed by atoms with Crippen LogP contribution in [-0.2, 0) is 12.6 Å². The SMILES string of the molecule is Cc1c(F)ccc(Cc2ccc3ccccc3c2)c1C(F)(F)F. The zero-order chi connectivity index (χ0) is 16.6. The van der Waals surface area contributed by atoms with Gasteiger partial charge in [0.1, 0.15) is 5.82 Å². The molecule has 0 spiro atoms. The monoisotopic (exact) mass is 318 g/mol. The molecular weight excluding hydrogens is 304 g/mol. The third kappa shape index (κ3) is 3.07. The molecule has 0 radical (unpaired) electrons. The van der Waals surface area contributed by atoms with E-state index in [2.05, 4.69) is 0 Å². The molecule has 0 N–H and O–H groups in total. The fraction of sp³-hybridized carbons (Fsp3) is 0.158. The highest BCUT2D eigenvalue weighted by atomic mass is 19.4. The Morgan fingerprint density at radius 3 is 2.26 bits per heavy atom. The summed E-state index contributed by atoms with van der Waals surface area (Å²) in [6, 6.07) is 15.5. The molecule has 0 atom stereocenters. The van der Waals surface area contributed by atoms with Gasteiger partial charge in [-0.3, -0.25) is 0 Å². The molecule has 0 saturated carbocycles. The third-order valence-electron chi connectivity index (χ3n) is 3.98. The number of fused-ring (bicyclic) bond motifs is 1. The highest BCUT2D eigenvalue weighted by molar-refractivity contribution is 5.83. The molecule has 3 rings (SSSR count). The lowest BCUT2D eigenvalue weighted by Gasteiger charge is -2.16. The Hall–Kier alpha value is -2.36. The van der Waals surface area contributed by atoms with Crippen LogP contribution in [0.3, 0.4) is 0 Å². The average Bonchev–Trinajstić information content (AvgIpc) is 2.49. The molecule has 0 fully saturated rings. The van der Waals surface area contributed by atoms with Crippen molar-refractivity contribution in [2.75, 3.05) is 0 Å². The minimum Gasteiger partial charge on any atom is -0.207 e. The molecule has 0 aliphatic carbocycles. The Morgan fingerprint density at radius 2 is 1.57 bits per heavy atom. The van der Waals surface area contributed by atoms with Crippen LogP contribution in [0.15, 0.2) is 54.6 Å². The van der Waals surface area contributed by atoms with Gasteiger partial charge in [-0.2, -0.15) is 13.2 Å². The van der Waals surface area contributed by atoms with Crippen molar-refractivity contribution in [3.63, 3.8) is 0 Å². The summed E-state index contributed by atoms with van der Waals surface area (Å²) < 4.78 is 53.4. The van der Waals surface area contributed by atoms with Gasteiger partial charge in [0, 0.05) is 0 Å².